The van der Waals surface area contributed by atoms with Gasteiger partial charge in [-0.3, -0.25) is 4.79 Å². The van der Waals surface area contributed by atoms with E-state index in [0.29, 0.717) is 12.3 Å². The van der Waals surface area contributed by atoms with Gasteiger partial charge in [-0.1, -0.05) is 0 Å². The van der Waals surface area contributed by atoms with Crippen LogP contribution in [0, 0.1) is 0 Å². The summed E-state index contributed by atoms with van der Waals surface area (Å²) >= 11 is 3.96. The van der Waals surface area contributed by atoms with E-state index in [1.54, 1.807) is 11.9 Å². The predicted octanol–water partition coefficient (Wildman–Crippen LogP) is -0.667. The lowest BCUT2D eigenvalue weighted by atomic mass is 10.5. The molecule has 0 aromatic carbocycles. The van der Waals surface area contributed by atoms with Gasteiger partial charge >= 0.3 is 0 Å². The first-order valence-electron chi connectivity index (χ1n) is 2.77. The maximum Gasteiger partial charge on any atom is 0.236 e. The van der Waals surface area contributed by atoms with E-state index in [4.69, 9.17) is 5.73 Å². The molecular formula is C5H12N2OS. The van der Waals surface area contributed by atoms with Crippen molar-refractivity contribution in [1.29, 1.82) is 0 Å². The Morgan fingerprint density at radius 2 is 2.33 bits per heavy atom. The molecule has 54 valence electrons. The van der Waals surface area contributed by atoms with Crippen LogP contribution in [0.1, 0.15) is 0 Å². The van der Waals surface area contributed by atoms with Gasteiger partial charge < -0.3 is 10.6 Å². The highest BCUT2D eigenvalue weighted by Crippen LogP contribution is 1.83. The molecule has 0 aliphatic heterocycles. The molecule has 0 heterocycles. The minimum atomic E-state index is -0.0379. The third-order valence-corrected chi connectivity index (χ3v) is 1.24. The first kappa shape index (κ1) is 8.78. The lowest BCUT2D eigenvalue weighted by Gasteiger charge is -2.13. The van der Waals surface area contributed by atoms with Crippen LogP contribution in [0.4, 0.5) is 0 Å². The Balaban J connectivity index is 3.45. The topological polar surface area (TPSA) is 46.3 Å². The molecular weight excluding hydrogens is 136 g/mol. The fourth-order valence-electron chi connectivity index (χ4n) is 0.431. The second kappa shape index (κ2) is 4.64. The molecule has 0 rings (SSSR count). The number of hydrogen-bond donors (Lipinski definition) is 2. The number of carbonyl (C=O) groups excluding carboxylic acids is 1. The van der Waals surface area contributed by atoms with Crippen LogP contribution in [-0.4, -0.2) is 36.7 Å². The minimum Gasteiger partial charge on any atom is -0.344 e. The molecule has 0 aliphatic carbocycles. The van der Waals surface area contributed by atoms with Crippen LogP contribution in [0.2, 0.25) is 0 Å². The maximum atomic E-state index is 10.7. The van der Waals surface area contributed by atoms with Crippen molar-refractivity contribution in [2.24, 2.45) is 5.73 Å². The van der Waals surface area contributed by atoms with Crippen molar-refractivity contribution in [3.05, 3.63) is 0 Å². The number of likely N-dealkylation sites (N-methyl/N-ethyl adjacent to an activating group) is 1. The molecule has 1 amide bonds. The Labute approximate surface area is 60.6 Å². The quantitative estimate of drug-likeness (QED) is 0.522. The Bertz CT molecular complexity index is 97.0. The van der Waals surface area contributed by atoms with E-state index in [-0.39, 0.29) is 12.5 Å². The summed E-state index contributed by atoms with van der Waals surface area (Å²) in [6.07, 6.45) is 0. The lowest BCUT2D eigenvalue weighted by molar-refractivity contribution is -0.128. The number of hydrogen-bond acceptors (Lipinski definition) is 3. The van der Waals surface area contributed by atoms with E-state index >= 15 is 0 Å². The summed E-state index contributed by atoms with van der Waals surface area (Å²) in [6, 6.07) is 0. The van der Waals surface area contributed by atoms with Crippen LogP contribution in [0.5, 0.6) is 0 Å². The Morgan fingerprint density at radius 3 is 2.67 bits per heavy atom. The van der Waals surface area contributed by atoms with Gasteiger partial charge in [0.2, 0.25) is 5.91 Å². The molecule has 0 radical (unpaired) electrons. The zero-order valence-corrected chi connectivity index (χ0v) is 6.40. The zero-order chi connectivity index (χ0) is 7.28. The van der Waals surface area contributed by atoms with Gasteiger partial charge in [-0.2, -0.15) is 12.6 Å². The van der Waals surface area contributed by atoms with Crippen LogP contribution in [0.3, 0.4) is 0 Å². The van der Waals surface area contributed by atoms with Gasteiger partial charge in [0.1, 0.15) is 0 Å². The van der Waals surface area contributed by atoms with Crippen LogP contribution in [0.15, 0.2) is 0 Å². The minimum absolute atomic E-state index is 0.0379. The molecule has 3 nitrogen and oxygen atoms in total. The fourth-order valence-corrected chi connectivity index (χ4v) is 0.731. The van der Waals surface area contributed by atoms with E-state index in [1.807, 2.05) is 0 Å². The number of carbonyl (C=O) groups is 1. The summed E-state index contributed by atoms with van der Waals surface area (Å²) in [6.45, 7) is 0.753. The Hall–Kier alpha value is -0.220. The summed E-state index contributed by atoms with van der Waals surface area (Å²) < 4.78 is 0. The molecule has 4 heteroatoms. The zero-order valence-electron chi connectivity index (χ0n) is 5.50. The normalized spacial score (nSPS) is 9.22. The van der Waals surface area contributed by atoms with Gasteiger partial charge in [-0.15, -0.1) is 0 Å². The molecule has 0 bridgehead atoms. The molecule has 0 aromatic rings. The van der Waals surface area contributed by atoms with Gasteiger partial charge in [0, 0.05) is 19.3 Å². The number of nitrogens with two attached hydrogens (primary N) is 1. The molecule has 0 aromatic heterocycles. The van der Waals surface area contributed by atoms with Gasteiger partial charge in [-0.25, -0.2) is 0 Å². The van der Waals surface area contributed by atoms with E-state index in [2.05, 4.69) is 12.6 Å². The summed E-state index contributed by atoms with van der Waals surface area (Å²) in [5.41, 5.74) is 5.09. The average molecular weight is 148 g/mol. The lowest BCUT2D eigenvalue weighted by Crippen LogP contribution is -2.33. The number of rotatable bonds is 3. The van der Waals surface area contributed by atoms with Gasteiger partial charge in [0.25, 0.3) is 0 Å². The largest absolute Gasteiger partial charge is 0.344 e. The number of thiol groups is 1. The predicted molar refractivity (Wildman–Crippen MR) is 40.5 cm³/mol. The summed E-state index contributed by atoms with van der Waals surface area (Å²) in [5.74, 6) is 0.645. The van der Waals surface area contributed by atoms with Gasteiger partial charge in [0.05, 0.1) is 6.54 Å². The number of amides is 1. The maximum absolute atomic E-state index is 10.7. The highest BCUT2D eigenvalue weighted by molar-refractivity contribution is 7.80. The first-order chi connectivity index (χ1) is 4.22. The smallest absolute Gasteiger partial charge is 0.236 e. The van der Waals surface area contributed by atoms with E-state index in [9.17, 15) is 4.79 Å². The van der Waals surface area contributed by atoms with Crippen molar-refractivity contribution in [1.82, 2.24) is 4.90 Å². The SMILES string of the molecule is CN(CCS)C(=O)CN. The molecule has 0 spiro atoms. The average Bonchev–Trinajstić information content (AvgIpc) is 1.87. The van der Waals surface area contributed by atoms with Crippen LogP contribution < -0.4 is 5.73 Å². The molecule has 0 unspecified atom stereocenters. The fraction of sp³-hybridized carbons (Fsp3) is 0.800. The molecule has 0 saturated heterocycles. The van der Waals surface area contributed by atoms with Gasteiger partial charge in [-0.05, 0) is 0 Å². The van der Waals surface area contributed by atoms with Crippen molar-refractivity contribution >= 4 is 18.5 Å². The third-order valence-electron chi connectivity index (χ3n) is 1.04. The number of nitrogens with zero attached hydrogens (tertiary/aromatic N) is 1. The molecule has 0 aliphatic rings. The van der Waals surface area contributed by atoms with Crippen molar-refractivity contribution in [3.63, 3.8) is 0 Å². The van der Waals surface area contributed by atoms with Gasteiger partial charge in [0.15, 0.2) is 0 Å². The van der Waals surface area contributed by atoms with E-state index < -0.39 is 0 Å². The second-order valence-electron chi connectivity index (χ2n) is 1.74. The second-order valence-corrected chi connectivity index (χ2v) is 2.19. The highest BCUT2D eigenvalue weighted by Gasteiger charge is 2.02. The van der Waals surface area contributed by atoms with Crippen molar-refractivity contribution in [2.45, 2.75) is 0 Å². The van der Waals surface area contributed by atoms with E-state index in [1.165, 1.54) is 0 Å². The molecule has 0 atom stereocenters. The van der Waals surface area contributed by atoms with Crippen LogP contribution in [-0.2, 0) is 4.79 Å². The molecule has 0 saturated carbocycles. The summed E-state index contributed by atoms with van der Waals surface area (Å²) in [7, 11) is 1.71. The van der Waals surface area contributed by atoms with Crippen LogP contribution >= 0.6 is 12.6 Å². The molecule has 0 fully saturated rings. The Kier molecular flexibility index (Phi) is 4.53. The van der Waals surface area contributed by atoms with Crippen molar-refractivity contribution in [2.75, 3.05) is 25.9 Å². The molecule has 9 heavy (non-hydrogen) atoms. The van der Waals surface area contributed by atoms with Crippen LogP contribution in [0.25, 0.3) is 0 Å². The third kappa shape index (κ3) is 3.37. The van der Waals surface area contributed by atoms with Crippen molar-refractivity contribution in [3.8, 4) is 0 Å². The monoisotopic (exact) mass is 148 g/mol. The summed E-state index contributed by atoms with van der Waals surface area (Å²) in [5, 5.41) is 0. The Morgan fingerprint density at radius 1 is 1.78 bits per heavy atom. The van der Waals surface area contributed by atoms with Crippen molar-refractivity contribution < 1.29 is 4.79 Å². The standard InChI is InChI=1S/C5H12N2OS/c1-7(2-3-9)5(8)4-6/h9H,2-4,6H2,1H3. The molecule has 2 N–H and O–H groups in total. The highest BCUT2D eigenvalue weighted by atomic mass is 32.1. The first-order valence-corrected chi connectivity index (χ1v) is 3.40. The van der Waals surface area contributed by atoms with E-state index in [0.717, 1.165) is 0 Å². The summed E-state index contributed by atoms with van der Waals surface area (Å²) in [4.78, 5) is 12.2.